The SMILES string of the molecule is C#C[C@]1(OC(C)=O)CC[C@H]2[C@@H]3CCC4=C(CCC(OC(=O)c5ccc(C)c(N(CCCl)CCCl)c5)=C4)[C@H]3CC[C@@]21C. The number of anilines is 1. The third-order valence-corrected chi connectivity index (χ3v) is 10.7. The lowest BCUT2D eigenvalue weighted by atomic mass is 9.52. The maximum Gasteiger partial charge on any atom is 0.343 e. The molecule has 0 unspecified atom stereocenters. The third kappa shape index (κ3) is 5.43. The number of fused-ring (bicyclic) bond motifs is 4. The molecule has 5 rings (SSSR count). The van der Waals surface area contributed by atoms with Crippen molar-refractivity contribution >= 4 is 40.8 Å². The number of ether oxygens (including phenoxy) is 2. The number of hydrogen-bond acceptors (Lipinski definition) is 5. The molecule has 0 saturated heterocycles. The summed E-state index contributed by atoms with van der Waals surface area (Å²) in [6.07, 6.45) is 15.6. The molecule has 0 bridgehead atoms. The first kappa shape index (κ1) is 30.1. The van der Waals surface area contributed by atoms with Gasteiger partial charge in [0.2, 0.25) is 0 Å². The van der Waals surface area contributed by atoms with E-state index in [9.17, 15) is 9.59 Å². The topological polar surface area (TPSA) is 55.8 Å². The highest BCUT2D eigenvalue weighted by Gasteiger charge is 2.63. The molecule has 0 aliphatic heterocycles. The van der Waals surface area contributed by atoms with E-state index in [1.54, 1.807) is 0 Å². The minimum absolute atomic E-state index is 0.187. The van der Waals surface area contributed by atoms with Crippen LogP contribution >= 0.6 is 23.2 Å². The summed E-state index contributed by atoms with van der Waals surface area (Å²) in [6.45, 7) is 7.06. The van der Waals surface area contributed by atoms with Gasteiger partial charge in [0.05, 0.1) is 5.56 Å². The lowest BCUT2D eigenvalue weighted by Crippen LogP contribution is -2.52. The highest BCUT2D eigenvalue weighted by molar-refractivity contribution is 6.18. The summed E-state index contributed by atoms with van der Waals surface area (Å²) < 4.78 is 11.9. The van der Waals surface area contributed by atoms with Crippen molar-refractivity contribution in [3.05, 3.63) is 52.3 Å². The number of allylic oxidation sites excluding steroid dienone is 4. The van der Waals surface area contributed by atoms with Crippen LogP contribution in [0.2, 0.25) is 0 Å². The molecule has 220 valence electrons. The van der Waals surface area contributed by atoms with Gasteiger partial charge in [0, 0.05) is 49.3 Å². The molecular weight excluding hydrogens is 557 g/mol. The molecule has 0 amide bonds. The standard InChI is InChI=1S/C34H41Cl2NO4/c1-5-34(41-23(3)38)15-13-30-29-10-8-24-20-26(9-11-27(24)28(29)12-14-33(30,34)4)40-32(39)25-7-6-22(2)31(21-25)37(18-16-35)19-17-36/h1,6-7,20-21,28-30H,8-19H2,2-4H3/t28-,29-,30+,33+,34+/m1/s1. The molecule has 0 radical (unpaired) electrons. The second-order valence-corrected chi connectivity index (χ2v) is 13.1. The largest absolute Gasteiger partial charge is 0.445 e. The molecule has 0 N–H and O–H groups in total. The number of alkyl halides is 2. The van der Waals surface area contributed by atoms with E-state index in [1.807, 2.05) is 25.1 Å². The van der Waals surface area contributed by atoms with Gasteiger partial charge in [0.25, 0.3) is 0 Å². The van der Waals surface area contributed by atoms with E-state index in [1.165, 1.54) is 18.1 Å². The van der Waals surface area contributed by atoms with Gasteiger partial charge in [-0.25, -0.2) is 4.79 Å². The molecule has 5 nitrogen and oxygen atoms in total. The summed E-state index contributed by atoms with van der Waals surface area (Å²) in [5.74, 6) is 5.54. The Morgan fingerprint density at radius 2 is 1.85 bits per heavy atom. The number of carbonyl (C=O) groups is 2. The monoisotopic (exact) mass is 597 g/mol. The normalized spacial score (nSPS) is 30.3. The van der Waals surface area contributed by atoms with Crippen LogP contribution in [0.5, 0.6) is 0 Å². The Hall–Kier alpha value is -2.42. The van der Waals surface area contributed by atoms with E-state index in [-0.39, 0.29) is 17.4 Å². The lowest BCUT2D eigenvalue weighted by molar-refractivity contribution is -0.166. The van der Waals surface area contributed by atoms with Crippen molar-refractivity contribution in [2.45, 2.75) is 77.7 Å². The second-order valence-electron chi connectivity index (χ2n) is 12.4. The number of hydrogen-bond donors (Lipinski definition) is 0. The van der Waals surface area contributed by atoms with E-state index in [4.69, 9.17) is 39.1 Å². The van der Waals surface area contributed by atoms with Crippen LogP contribution in [0.15, 0.2) is 41.2 Å². The Morgan fingerprint density at radius 1 is 1.10 bits per heavy atom. The minimum atomic E-state index is -0.794. The first-order chi connectivity index (χ1) is 19.7. The molecule has 0 aromatic heterocycles. The van der Waals surface area contributed by atoms with Crippen LogP contribution in [-0.2, 0) is 14.3 Å². The van der Waals surface area contributed by atoms with Gasteiger partial charge in [-0.05, 0) is 99.0 Å². The zero-order valence-electron chi connectivity index (χ0n) is 24.4. The first-order valence-corrected chi connectivity index (χ1v) is 16.0. The summed E-state index contributed by atoms with van der Waals surface area (Å²) in [7, 11) is 0. The fourth-order valence-electron chi connectivity index (χ4n) is 8.45. The van der Waals surface area contributed by atoms with Crippen molar-refractivity contribution in [2.75, 3.05) is 29.7 Å². The summed E-state index contributed by atoms with van der Waals surface area (Å²) in [6, 6.07) is 5.67. The van der Waals surface area contributed by atoms with E-state index in [2.05, 4.69) is 23.8 Å². The Morgan fingerprint density at radius 3 is 2.54 bits per heavy atom. The summed E-state index contributed by atoms with van der Waals surface area (Å²) in [5.41, 5.74) is 4.45. The zero-order chi connectivity index (χ0) is 29.4. The van der Waals surface area contributed by atoms with Crippen molar-refractivity contribution in [3.63, 3.8) is 0 Å². The van der Waals surface area contributed by atoms with E-state index >= 15 is 0 Å². The van der Waals surface area contributed by atoms with Gasteiger partial charge < -0.3 is 14.4 Å². The Labute approximate surface area is 254 Å². The second kappa shape index (κ2) is 12.1. The molecule has 0 heterocycles. The van der Waals surface area contributed by atoms with Crippen molar-refractivity contribution in [1.82, 2.24) is 0 Å². The number of benzene rings is 1. The average molecular weight is 599 g/mol. The van der Waals surface area contributed by atoms with Crippen LogP contribution in [0.25, 0.3) is 0 Å². The maximum atomic E-state index is 13.2. The number of aryl methyl sites for hydroxylation is 1. The maximum absolute atomic E-state index is 13.2. The van der Waals surface area contributed by atoms with Gasteiger partial charge in [-0.15, -0.1) is 29.6 Å². The molecule has 4 aliphatic rings. The van der Waals surface area contributed by atoms with Crippen LogP contribution in [0.4, 0.5) is 5.69 Å². The summed E-state index contributed by atoms with van der Waals surface area (Å²) in [5, 5.41) is 0. The van der Waals surface area contributed by atoms with Crippen molar-refractivity contribution < 1.29 is 19.1 Å². The fourth-order valence-corrected chi connectivity index (χ4v) is 8.86. The molecule has 0 spiro atoms. The van der Waals surface area contributed by atoms with Crippen molar-refractivity contribution in [2.24, 2.45) is 23.2 Å². The highest BCUT2D eigenvalue weighted by Crippen LogP contribution is 2.65. The number of carbonyl (C=O) groups excluding carboxylic acids is 2. The van der Waals surface area contributed by atoms with Gasteiger partial charge in [-0.3, -0.25) is 4.79 Å². The summed E-state index contributed by atoms with van der Waals surface area (Å²) >= 11 is 12.0. The Bertz CT molecular complexity index is 1310. The molecule has 1 aromatic carbocycles. The van der Waals surface area contributed by atoms with Gasteiger partial charge >= 0.3 is 11.9 Å². The van der Waals surface area contributed by atoms with Crippen molar-refractivity contribution in [1.29, 1.82) is 0 Å². The number of rotatable bonds is 8. The minimum Gasteiger partial charge on any atom is -0.445 e. The van der Waals surface area contributed by atoms with Crippen molar-refractivity contribution in [3.8, 4) is 12.3 Å². The molecule has 1 aromatic rings. The predicted molar refractivity (Wildman–Crippen MR) is 164 cm³/mol. The van der Waals surface area contributed by atoms with Gasteiger partial charge in [-0.2, -0.15) is 0 Å². The molecule has 2 saturated carbocycles. The third-order valence-electron chi connectivity index (χ3n) is 10.4. The molecule has 7 heteroatoms. The van der Waals surface area contributed by atoms with Crippen LogP contribution in [0.3, 0.4) is 0 Å². The average Bonchev–Trinajstić information content (AvgIpc) is 3.24. The first-order valence-electron chi connectivity index (χ1n) is 15.0. The smallest absolute Gasteiger partial charge is 0.343 e. The highest BCUT2D eigenvalue weighted by atomic mass is 35.5. The zero-order valence-corrected chi connectivity index (χ0v) is 26.0. The fraction of sp³-hybridized carbons (Fsp3) is 0.588. The number of terminal acetylenes is 1. The van der Waals surface area contributed by atoms with E-state index < -0.39 is 5.60 Å². The van der Waals surface area contributed by atoms with Gasteiger partial charge in [0.15, 0.2) is 5.60 Å². The summed E-state index contributed by atoms with van der Waals surface area (Å²) in [4.78, 5) is 27.3. The molecule has 4 aliphatic carbocycles. The molecule has 2 fully saturated rings. The Kier molecular flexibility index (Phi) is 8.84. The molecule has 41 heavy (non-hydrogen) atoms. The number of nitrogens with zero attached hydrogens (tertiary/aromatic N) is 1. The van der Waals surface area contributed by atoms with E-state index in [0.29, 0.717) is 48.2 Å². The lowest BCUT2D eigenvalue weighted by Gasteiger charge is -2.53. The van der Waals surface area contributed by atoms with Crippen LogP contribution in [0, 0.1) is 42.4 Å². The molecular formula is C34H41Cl2NO4. The van der Waals surface area contributed by atoms with Crippen LogP contribution in [-0.4, -0.2) is 42.4 Å². The van der Waals surface area contributed by atoms with Crippen LogP contribution < -0.4 is 4.90 Å². The van der Waals surface area contributed by atoms with E-state index in [0.717, 1.165) is 68.4 Å². The predicted octanol–water partition coefficient (Wildman–Crippen LogP) is 7.58. The Balaban J connectivity index is 1.32. The number of halogens is 2. The van der Waals surface area contributed by atoms with Gasteiger partial charge in [-0.1, -0.05) is 24.5 Å². The van der Waals surface area contributed by atoms with Crippen LogP contribution in [0.1, 0.15) is 81.1 Å². The number of esters is 2. The van der Waals surface area contributed by atoms with Gasteiger partial charge in [0.1, 0.15) is 5.76 Å². The molecule has 5 atom stereocenters. The quantitative estimate of drug-likeness (QED) is 0.175.